The van der Waals surface area contributed by atoms with E-state index in [0.29, 0.717) is 10.4 Å². The SMILES string of the molecule is CCc1c([C@H](C)N)n(-c2ccccc2)c(=O)c2c(Cl)cccc12. The molecule has 0 saturated carbocycles. The van der Waals surface area contributed by atoms with Crippen molar-refractivity contribution in [3.8, 4) is 5.69 Å². The fourth-order valence-corrected chi connectivity index (χ4v) is 3.43. The largest absolute Gasteiger partial charge is 0.323 e. The predicted molar refractivity (Wildman–Crippen MR) is 96.5 cm³/mol. The first-order valence-corrected chi connectivity index (χ1v) is 8.11. The fourth-order valence-electron chi connectivity index (χ4n) is 3.17. The number of pyridine rings is 1. The van der Waals surface area contributed by atoms with Crippen LogP contribution in [0.15, 0.2) is 53.3 Å². The second kappa shape index (κ2) is 6.19. The average Bonchev–Trinajstić information content (AvgIpc) is 2.55. The average molecular weight is 327 g/mol. The molecule has 0 aliphatic carbocycles. The molecule has 0 saturated heterocycles. The van der Waals surface area contributed by atoms with Gasteiger partial charge in [-0.3, -0.25) is 9.36 Å². The van der Waals surface area contributed by atoms with Crippen molar-refractivity contribution in [2.24, 2.45) is 5.73 Å². The Morgan fingerprint density at radius 2 is 1.83 bits per heavy atom. The zero-order valence-corrected chi connectivity index (χ0v) is 14.0. The summed E-state index contributed by atoms with van der Waals surface area (Å²) in [5.74, 6) is 0. The maximum absolute atomic E-state index is 13.2. The molecular formula is C19H19ClN2O. The Morgan fingerprint density at radius 3 is 2.43 bits per heavy atom. The van der Waals surface area contributed by atoms with Crippen LogP contribution < -0.4 is 11.3 Å². The van der Waals surface area contributed by atoms with E-state index in [2.05, 4.69) is 6.92 Å². The van der Waals surface area contributed by atoms with Gasteiger partial charge >= 0.3 is 0 Å². The van der Waals surface area contributed by atoms with Crippen LogP contribution in [-0.4, -0.2) is 4.57 Å². The van der Waals surface area contributed by atoms with E-state index in [9.17, 15) is 4.79 Å². The molecule has 3 nitrogen and oxygen atoms in total. The monoisotopic (exact) mass is 326 g/mol. The van der Waals surface area contributed by atoms with Gasteiger partial charge in [-0.2, -0.15) is 0 Å². The zero-order chi connectivity index (χ0) is 16.6. The van der Waals surface area contributed by atoms with Gasteiger partial charge in [-0.05, 0) is 42.5 Å². The van der Waals surface area contributed by atoms with Crippen LogP contribution in [0.25, 0.3) is 16.5 Å². The molecular weight excluding hydrogens is 308 g/mol. The van der Waals surface area contributed by atoms with Crippen molar-refractivity contribution >= 4 is 22.4 Å². The summed E-state index contributed by atoms with van der Waals surface area (Å²) in [6.07, 6.45) is 0.779. The van der Waals surface area contributed by atoms with Crippen molar-refractivity contribution in [2.45, 2.75) is 26.3 Å². The number of halogens is 1. The third-order valence-corrected chi connectivity index (χ3v) is 4.42. The molecule has 1 aromatic heterocycles. The molecule has 0 aliphatic rings. The molecule has 118 valence electrons. The highest BCUT2D eigenvalue weighted by Gasteiger charge is 2.20. The summed E-state index contributed by atoms with van der Waals surface area (Å²) in [5, 5.41) is 1.92. The van der Waals surface area contributed by atoms with E-state index in [1.165, 1.54) is 0 Å². The van der Waals surface area contributed by atoms with Gasteiger partial charge in [0.2, 0.25) is 0 Å². The molecule has 1 atom stereocenters. The van der Waals surface area contributed by atoms with Crippen LogP contribution in [-0.2, 0) is 6.42 Å². The van der Waals surface area contributed by atoms with Gasteiger partial charge in [-0.1, -0.05) is 48.9 Å². The smallest absolute Gasteiger partial charge is 0.264 e. The summed E-state index contributed by atoms with van der Waals surface area (Å²) in [7, 11) is 0. The molecule has 1 heterocycles. The van der Waals surface area contributed by atoms with Gasteiger partial charge in [0.15, 0.2) is 0 Å². The third-order valence-electron chi connectivity index (χ3n) is 4.11. The minimum Gasteiger partial charge on any atom is -0.323 e. The minimum absolute atomic E-state index is 0.124. The molecule has 0 spiro atoms. The number of rotatable bonds is 3. The highest BCUT2D eigenvalue weighted by Crippen LogP contribution is 2.29. The molecule has 0 amide bonds. The summed E-state index contributed by atoms with van der Waals surface area (Å²) in [5.41, 5.74) is 8.83. The Kier molecular flexibility index (Phi) is 4.24. The number of para-hydroxylation sites is 1. The van der Waals surface area contributed by atoms with Crippen LogP contribution in [0.1, 0.15) is 31.1 Å². The first-order chi connectivity index (χ1) is 11.1. The van der Waals surface area contributed by atoms with E-state index in [1.54, 1.807) is 10.6 Å². The van der Waals surface area contributed by atoms with E-state index < -0.39 is 0 Å². The lowest BCUT2D eigenvalue weighted by atomic mass is 9.98. The van der Waals surface area contributed by atoms with Crippen molar-refractivity contribution in [3.63, 3.8) is 0 Å². The van der Waals surface area contributed by atoms with Crippen LogP contribution in [0.2, 0.25) is 5.02 Å². The van der Waals surface area contributed by atoms with Crippen LogP contribution in [0.5, 0.6) is 0 Å². The van der Waals surface area contributed by atoms with Crippen LogP contribution in [0.4, 0.5) is 0 Å². The number of benzene rings is 2. The maximum Gasteiger partial charge on any atom is 0.264 e. The number of nitrogens with two attached hydrogens (primary N) is 1. The summed E-state index contributed by atoms with van der Waals surface area (Å²) in [4.78, 5) is 13.2. The molecule has 2 aromatic carbocycles. The number of fused-ring (bicyclic) bond motifs is 1. The van der Waals surface area contributed by atoms with Gasteiger partial charge in [0, 0.05) is 17.4 Å². The standard InChI is InChI=1S/C19H19ClN2O/c1-3-14-15-10-7-11-16(20)17(15)19(23)22(18(14)12(2)21)13-8-5-4-6-9-13/h4-12H,3,21H2,1-2H3/t12-/m0/s1. The fraction of sp³-hybridized carbons (Fsp3) is 0.211. The van der Waals surface area contributed by atoms with Gasteiger partial charge in [0.1, 0.15) is 0 Å². The highest BCUT2D eigenvalue weighted by molar-refractivity contribution is 6.35. The van der Waals surface area contributed by atoms with Crippen molar-refractivity contribution in [3.05, 3.63) is 75.2 Å². The van der Waals surface area contributed by atoms with E-state index >= 15 is 0 Å². The van der Waals surface area contributed by atoms with Gasteiger partial charge in [0.05, 0.1) is 10.4 Å². The van der Waals surface area contributed by atoms with E-state index in [-0.39, 0.29) is 11.6 Å². The molecule has 0 radical (unpaired) electrons. The zero-order valence-electron chi connectivity index (χ0n) is 13.2. The number of aryl methyl sites for hydroxylation is 1. The van der Waals surface area contributed by atoms with Crippen LogP contribution in [0.3, 0.4) is 0 Å². The minimum atomic E-state index is -0.263. The third kappa shape index (κ3) is 2.56. The Labute approximate surface area is 140 Å². The molecule has 23 heavy (non-hydrogen) atoms. The van der Waals surface area contributed by atoms with E-state index in [0.717, 1.165) is 28.8 Å². The normalized spacial score (nSPS) is 12.5. The Hall–Kier alpha value is -2.10. The van der Waals surface area contributed by atoms with Crippen molar-refractivity contribution in [1.82, 2.24) is 4.57 Å². The predicted octanol–water partition coefficient (Wildman–Crippen LogP) is 4.23. The maximum atomic E-state index is 13.2. The number of hydrogen-bond acceptors (Lipinski definition) is 2. The lowest BCUT2D eigenvalue weighted by Gasteiger charge is -2.22. The molecule has 2 N–H and O–H groups in total. The van der Waals surface area contributed by atoms with Crippen LogP contribution >= 0.6 is 11.6 Å². The lowest BCUT2D eigenvalue weighted by molar-refractivity contribution is 0.718. The van der Waals surface area contributed by atoms with Gasteiger partial charge < -0.3 is 5.73 Å². The Morgan fingerprint density at radius 1 is 1.13 bits per heavy atom. The Balaban J connectivity index is 2.57. The number of aromatic nitrogens is 1. The first kappa shape index (κ1) is 15.8. The molecule has 0 unspecified atom stereocenters. The molecule has 4 heteroatoms. The number of hydrogen-bond donors (Lipinski definition) is 1. The van der Waals surface area contributed by atoms with Crippen LogP contribution in [0, 0.1) is 0 Å². The summed E-state index contributed by atoms with van der Waals surface area (Å²) < 4.78 is 1.71. The second-order valence-corrected chi connectivity index (χ2v) is 6.05. The van der Waals surface area contributed by atoms with Crippen molar-refractivity contribution < 1.29 is 0 Å². The van der Waals surface area contributed by atoms with E-state index in [1.807, 2.05) is 49.4 Å². The van der Waals surface area contributed by atoms with Crippen molar-refractivity contribution in [1.29, 1.82) is 0 Å². The first-order valence-electron chi connectivity index (χ1n) is 7.73. The number of nitrogens with zero attached hydrogens (tertiary/aromatic N) is 1. The van der Waals surface area contributed by atoms with Crippen molar-refractivity contribution in [2.75, 3.05) is 0 Å². The second-order valence-electron chi connectivity index (χ2n) is 5.64. The summed E-state index contributed by atoms with van der Waals surface area (Å²) >= 11 is 6.34. The topological polar surface area (TPSA) is 48.0 Å². The lowest BCUT2D eigenvalue weighted by Crippen LogP contribution is -2.28. The van der Waals surface area contributed by atoms with Gasteiger partial charge in [0.25, 0.3) is 5.56 Å². The van der Waals surface area contributed by atoms with E-state index in [4.69, 9.17) is 17.3 Å². The molecule has 0 bridgehead atoms. The van der Waals surface area contributed by atoms with Gasteiger partial charge in [-0.25, -0.2) is 0 Å². The Bertz CT molecular complexity index is 914. The highest BCUT2D eigenvalue weighted by atomic mass is 35.5. The quantitative estimate of drug-likeness (QED) is 0.783. The molecule has 0 fully saturated rings. The summed E-state index contributed by atoms with van der Waals surface area (Å²) in [6, 6.07) is 14.9. The molecule has 3 rings (SSSR count). The van der Waals surface area contributed by atoms with Gasteiger partial charge in [-0.15, -0.1) is 0 Å². The molecule has 3 aromatic rings. The molecule has 0 aliphatic heterocycles. The summed E-state index contributed by atoms with van der Waals surface area (Å²) in [6.45, 7) is 3.98.